The van der Waals surface area contributed by atoms with Crippen LogP contribution in [-0.4, -0.2) is 52.5 Å². The summed E-state index contributed by atoms with van der Waals surface area (Å²) in [5.41, 5.74) is 3.07. The molecule has 1 aliphatic heterocycles. The molecular weight excluding hydrogens is 466 g/mol. The Morgan fingerprint density at radius 1 is 0.944 bits per heavy atom. The van der Waals surface area contributed by atoms with E-state index >= 15 is 0 Å². The molecule has 0 radical (unpaired) electrons. The minimum absolute atomic E-state index is 0.0952. The number of aryl methyl sites for hydroxylation is 1. The van der Waals surface area contributed by atoms with Crippen molar-refractivity contribution >= 4 is 28.8 Å². The van der Waals surface area contributed by atoms with E-state index in [1.54, 1.807) is 10.8 Å². The summed E-state index contributed by atoms with van der Waals surface area (Å²) >= 11 is 0. The van der Waals surface area contributed by atoms with Gasteiger partial charge >= 0.3 is 17.9 Å². The molecule has 0 bridgehead atoms. The SMILES string of the molecule is CC(=O)O[C@@H]1[C@@H](OC(C)=O)[C@H](OC(C)=O)CO[C@H]1n1cc(C(O)c2ccccc2)c2cc(C)ccc21. The number of hydrogen-bond acceptors (Lipinski definition) is 8. The Kier molecular flexibility index (Phi) is 7.42. The first-order valence-corrected chi connectivity index (χ1v) is 11.6. The summed E-state index contributed by atoms with van der Waals surface area (Å²) in [5, 5.41) is 12.0. The molecule has 9 heteroatoms. The number of carbonyl (C=O) groups is 3. The standard InChI is InChI=1S/C27H29NO8/c1-15-10-11-22-20(12-15)21(24(32)19-8-6-5-7-9-19)13-28(22)27-26(36-18(4)31)25(35-17(3)30)23(14-33-27)34-16(2)29/h5-13,23-27,32H,14H2,1-4H3/t23-,24?,25+,26-,27-/m1/s1. The van der Waals surface area contributed by atoms with Gasteiger partial charge < -0.3 is 28.6 Å². The number of carbonyl (C=O) groups excluding carboxylic acids is 3. The zero-order chi connectivity index (χ0) is 26.0. The van der Waals surface area contributed by atoms with E-state index in [9.17, 15) is 19.5 Å². The first-order chi connectivity index (χ1) is 17.2. The minimum atomic E-state index is -1.12. The molecule has 5 atom stereocenters. The Morgan fingerprint density at radius 2 is 1.58 bits per heavy atom. The average Bonchev–Trinajstić information content (AvgIpc) is 3.18. The Labute approximate surface area is 208 Å². The van der Waals surface area contributed by atoms with Gasteiger partial charge in [0.15, 0.2) is 24.5 Å². The number of aliphatic hydroxyl groups excluding tert-OH is 1. The fourth-order valence-corrected chi connectivity index (χ4v) is 4.60. The van der Waals surface area contributed by atoms with Crippen LogP contribution in [0, 0.1) is 6.92 Å². The van der Waals surface area contributed by atoms with Crippen LogP contribution >= 0.6 is 0 Å². The molecule has 9 nitrogen and oxygen atoms in total. The van der Waals surface area contributed by atoms with Crippen LogP contribution < -0.4 is 0 Å². The number of benzene rings is 2. The monoisotopic (exact) mass is 495 g/mol. The molecule has 1 unspecified atom stereocenters. The summed E-state index contributed by atoms with van der Waals surface area (Å²) in [7, 11) is 0. The molecule has 0 amide bonds. The highest BCUT2D eigenvalue weighted by Crippen LogP contribution is 2.37. The topological polar surface area (TPSA) is 113 Å². The van der Waals surface area contributed by atoms with Gasteiger partial charge in [0.05, 0.1) is 12.1 Å². The lowest BCUT2D eigenvalue weighted by Gasteiger charge is -2.41. The first-order valence-electron chi connectivity index (χ1n) is 11.6. The summed E-state index contributed by atoms with van der Waals surface area (Å²) in [4.78, 5) is 35.7. The Morgan fingerprint density at radius 3 is 2.22 bits per heavy atom. The van der Waals surface area contributed by atoms with Crippen LogP contribution in [0.2, 0.25) is 0 Å². The maximum absolute atomic E-state index is 12.1. The third-order valence-electron chi connectivity index (χ3n) is 6.03. The van der Waals surface area contributed by atoms with Crippen molar-refractivity contribution in [3.8, 4) is 0 Å². The van der Waals surface area contributed by atoms with E-state index in [4.69, 9.17) is 18.9 Å². The van der Waals surface area contributed by atoms with Crippen LogP contribution in [0.3, 0.4) is 0 Å². The van der Waals surface area contributed by atoms with E-state index in [1.165, 1.54) is 20.8 Å². The lowest BCUT2D eigenvalue weighted by atomic mass is 10.0. The number of hydrogen-bond donors (Lipinski definition) is 1. The van der Waals surface area contributed by atoms with Crippen molar-refractivity contribution < 1.29 is 38.4 Å². The highest BCUT2D eigenvalue weighted by atomic mass is 16.6. The average molecular weight is 496 g/mol. The van der Waals surface area contributed by atoms with Crippen molar-refractivity contribution in [2.75, 3.05) is 6.61 Å². The van der Waals surface area contributed by atoms with E-state index in [-0.39, 0.29) is 6.61 Å². The molecule has 1 aliphatic rings. The van der Waals surface area contributed by atoms with Gasteiger partial charge in [0, 0.05) is 37.9 Å². The van der Waals surface area contributed by atoms with Crippen molar-refractivity contribution in [1.29, 1.82) is 0 Å². The predicted octanol–water partition coefficient (Wildman–Crippen LogP) is 3.36. The molecule has 1 fully saturated rings. The summed E-state index contributed by atoms with van der Waals surface area (Å²) in [6.45, 7) is 5.55. The molecule has 0 spiro atoms. The Balaban J connectivity index is 1.83. The van der Waals surface area contributed by atoms with Crippen LogP contribution in [0.1, 0.15) is 49.8 Å². The van der Waals surface area contributed by atoms with E-state index in [2.05, 4.69) is 0 Å². The molecule has 2 aromatic carbocycles. The van der Waals surface area contributed by atoms with E-state index in [0.717, 1.165) is 16.5 Å². The normalized spacial score (nSPS) is 22.6. The molecular formula is C27H29NO8. The number of nitrogens with zero attached hydrogens (tertiary/aromatic N) is 1. The second-order valence-electron chi connectivity index (χ2n) is 8.85. The molecule has 1 saturated heterocycles. The Bertz CT molecular complexity index is 1270. The lowest BCUT2D eigenvalue weighted by molar-refractivity contribution is -0.239. The number of esters is 3. The van der Waals surface area contributed by atoms with Gasteiger partial charge in [-0.15, -0.1) is 0 Å². The van der Waals surface area contributed by atoms with Gasteiger partial charge in [-0.2, -0.15) is 0 Å². The third kappa shape index (κ3) is 5.27. The molecule has 0 aliphatic carbocycles. The van der Waals surface area contributed by atoms with Gasteiger partial charge in [-0.3, -0.25) is 14.4 Å². The highest BCUT2D eigenvalue weighted by molar-refractivity contribution is 5.85. The smallest absolute Gasteiger partial charge is 0.303 e. The fraction of sp³-hybridized carbons (Fsp3) is 0.370. The van der Waals surface area contributed by atoms with Crippen LogP contribution in [0.25, 0.3) is 10.9 Å². The molecule has 3 aromatic rings. The summed E-state index contributed by atoms with van der Waals surface area (Å²) in [6.07, 6.45) is -3.29. The third-order valence-corrected chi connectivity index (χ3v) is 6.03. The molecule has 4 rings (SSSR count). The molecule has 190 valence electrons. The molecule has 0 saturated carbocycles. The van der Waals surface area contributed by atoms with Crippen molar-refractivity contribution in [3.05, 3.63) is 71.4 Å². The zero-order valence-corrected chi connectivity index (χ0v) is 20.5. The van der Waals surface area contributed by atoms with Gasteiger partial charge in [0.1, 0.15) is 6.10 Å². The molecule has 1 aromatic heterocycles. The van der Waals surface area contributed by atoms with Gasteiger partial charge in [0.2, 0.25) is 0 Å². The van der Waals surface area contributed by atoms with Gasteiger partial charge in [0.25, 0.3) is 0 Å². The first kappa shape index (κ1) is 25.4. The largest absolute Gasteiger partial charge is 0.456 e. The van der Waals surface area contributed by atoms with E-state index in [0.29, 0.717) is 11.1 Å². The van der Waals surface area contributed by atoms with Crippen LogP contribution in [0.5, 0.6) is 0 Å². The van der Waals surface area contributed by atoms with Crippen molar-refractivity contribution in [2.45, 2.75) is 58.3 Å². The van der Waals surface area contributed by atoms with E-state index in [1.807, 2.05) is 55.5 Å². The highest BCUT2D eigenvalue weighted by Gasteiger charge is 2.48. The number of aromatic nitrogens is 1. The fourth-order valence-electron chi connectivity index (χ4n) is 4.60. The second kappa shape index (κ2) is 10.5. The molecule has 2 heterocycles. The zero-order valence-electron chi connectivity index (χ0n) is 20.5. The van der Waals surface area contributed by atoms with Gasteiger partial charge in [-0.05, 0) is 24.6 Å². The molecule has 1 N–H and O–H groups in total. The van der Waals surface area contributed by atoms with Crippen LogP contribution in [-0.2, 0) is 33.3 Å². The molecule has 36 heavy (non-hydrogen) atoms. The number of fused-ring (bicyclic) bond motifs is 1. The van der Waals surface area contributed by atoms with Gasteiger partial charge in [-0.25, -0.2) is 0 Å². The second-order valence-corrected chi connectivity index (χ2v) is 8.85. The summed E-state index contributed by atoms with van der Waals surface area (Å²) < 4.78 is 24.2. The summed E-state index contributed by atoms with van der Waals surface area (Å²) in [5.74, 6) is -1.83. The quantitative estimate of drug-likeness (QED) is 0.409. The number of aliphatic hydroxyl groups is 1. The van der Waals surface area contributed by atoms with Gasteiger partial charge in [-0.1, -0.05) is 42.0 Å². The Hall–Kier alpha value is -3.69. The number of rotatable bonds is 6. The minimum Gasteiger partial charge on any atom is -0.456 e. The maximum Gasteiger partial charge on any atom is 0.303 e. The van der Waals surface area contributed by atoms with Crippen molar-refractivity contribution in [2.24, 2.45) is 0 Å². The van der Waals surface area contributed by atoms with Crippen LogP contribution in [0.4, 0.5) is 0 Å². The predicted molar refractivity (Wildman–Crippen MR) is 129 cm³/mol. The van der Waals surface area contributed by atoms with Crippen LogP contribution in [0.15, 0.2) is 54.7 Å². The van der Waals surface area contributed by atoms with E-state index < -0.39 is 48.6 Å². The van der Waals surface area contributed by atoms with Crippen molar-refractivity contribution in [3.63, 3.8) is 0 Å². The number of ether oxygens (including phenoxy) is 4. The maximum atomic E-state index is 12.1. The van der Waals surface area contributed by atoms with Crippen molar-refractivity contribution in [1.82, 2.24) is 4.57 Å². The lowest BCUT2D eigenvalue weighted by Crippen LogP contribution is -2.55. The summed E-state index contributed by atoms with van der Waals surface area (Å²) in [6, 6.07) is 15.0.